The van der Waals surface area contributed by atoms with E-state index >= 15 is 0 Å². The van der Waals surface area contributed by atoms with Gasteiger partial charge in [-0.15, -0.1) is 0 Å². The molecule has 2 heterocycles. The first-order chi connectivity index (χ1) is 15.3. The molecule has 0 amide bonds. The zero-order chi connectivity index (χ0) is 24.6. The predicted molar refractivity (Wildman–Crippen MR) is 116 cm³/mol. The Morgan fingerprint density at radius 2 is 1.70 bits per heavy atom. The SMILES string of the molecule is Cc1cc2nc3c(=O)n(C)c(=O)nc-3n(CCNCCCNS(=O)(=O)C(F)(F)F)c2cc1C. The van der Waals surface area contributed by atoms with Crippen LogP contribution in [0.2, 0.25) is 0 Å². The Morgan fingerprint density at radius 3 is 2.36 bits per heavy atom. The van der Waals surface area contributed by atoms with Gasteiger partial charge in [-0.25, -0.2) is 22.9 Å². The first kappa shape index (κ1) is 24.8. The number of nitrogens with zero attached hydrogens (tertiary/aromatic N) is 4. The molecule has 0 saturated heterocycles. The molecule has 33 heavy (non-hydrogen) atoms. The van der Waals surface area contributed by atoms with Gasteiger partial charge in [-0.1, -0.05) is 0 Å². The van der Waals surface area contributed by atoms with E-state index in [-0.39, 0.29) is 37.6 Å². The summed E-state index contributed by atoms with van der Waals surface area (Å²) in [6.07, 6.45) is 0.125. The lowest BCUT2D eigenvalue weighted by Gasteiger charge is -2.18. The van der Waals surface area contributed by atoms with Crippen molar-refractivity contribution in [3.05, 3.63) is 44.1 Å². The van der Waals surface area contributed by atoms with Gasteiger partial charge in [0.15, 0.2) is 11.5 Å². The molecule has 0 spiro atoms. The maximum atomic E-state index is 12.6. The average Bonchev–Trinajstić information content (AvgIpc) is 2.72. The van der Waals surface area contributed by atoms with Gasteiger partial charge in [0.05, 0.1) is 11.0 Å². The third-order valence-electron chi connectivity index (χ3n) is 5.22. The molecule has 3 rings (SSSR count). The summed E-state index contributed by atoms with van der Waals surface area (Å²) in [7, 11) is -4.04. The zero-order valence-corrected chi connectivity index (χ0v) is 19.0. The van der Waals surface area contributed by atoms with Gasteiger partial charge >= 0.3 is 21.2 Å². The molecule has 0 radical (unpaired) electrons. The summed E-state index contributed by atoms with van der Waals surface area (Å²) in [5, 5.41) is 3.01. The summed E-state index contributed by atoms with van der Waals surface area (Å²) in [5.74, 6) is 0.138. The molecule has 0 aromatic heterocycles. The molecule has 0 saturated carbocycles. The molecule has 0 fully saturated rings. The van der Waals surface area contributed by atoms with E-state index in [0.29, 0.717) is 17.6 Å². The van der Waals surface area contributed by atoms with Gasteiger partial charge in [0, 0.05) is 26.7 Å². The molecular weight excluding hydrogens is 465 g/mol. The fourth-order valence-electron chi connectivity index (χ4n) is 3.22. The second-order valence-electron chi connectivity index (χ2n) is 7.57. The Kier molecular flexibility index (Phi) is 6.91. The number of sulfonamides is 1. The van der Waals surface area contributed by atoms with E-state index < -0.39 is 26.8 Å². The molecule has 2 aliphatic heterocycles. The molecule has 0 bridgehead atoms. The lowest BCUT2D eigenvalue weighted by Crippen LogP contribution is -2.38. The summed E-state index contributed by atoms with van der Waals surface area (Å²) in [6.45, 7) is 4.30. The van der Waals surface area contributed by atoms with Crippen molar-refractivity contribution in [3.8, 4) is 11.5 Å². The molecule has 14 heteroatoms. The number of aryl methyl sites for hydroxylation is 2. The number of benzene rings is 1. The van der Waals surface area contributed by atoms with Crippen LogP contribution in [0.3, 0.4) is 0 Å². The van der Waals surface area contributed by atoms with Crippen LogP contribution < -0.4 is 21.3 Å². The van der Waals surface area contributed by atoms with E-state index in [1.54, 1.807) is 4.57 Å². The topological polar surface area (TPSA) is 128 Å². The Morgan fingerprint density at radius 1 is 1.03 bits per heavy atom. The number of rotatable bonds is 8. The molecule has 0 atom stereocenters. The molecule has 0 unspecified atom stereocenters. The van der Waals surface area contributed by atoms with Crippen LogP contribution in [0.25, 0.3) is 22.6 Å². The number of alkyl halides is 3. The van der Waals surface area contributed by atoms with Crippen molar-refractivity contribution in [2.75, 3.05) is 19.6 Å². The van der Waals surface area contributed by atoms with E-state index in [1.807, 2.05) is 26.0 Å². The van der Waals surface area contributed by atoms with Gasteiger partial charge in [-0.2, -0.15) is 18.2 Å². The van der Waals surface area contributed by atoms with Crippen LogP contribution in [-0.4, -0.2) is 52.7 Å². The fraction of sp³-hybridized carbons (Fsp3) is 0.474. The molecule has 1 aromatic rings. The molecule has 1 aromatic carbocycles. The minimum Gasteiger partial charge on any atom is -0.321 e. The summed E-state index contributed by atoms with van der Waals surface area (Å²) in [4.78, 5) is 33.1. The normalized spacial score (nSPS) is 12.7. The largest absolute Gasteiger partial charge is 0.511 e. The number of fused-ring (bicyclic) bond motifs is 2. The Labute approximate surface area is 186 Å². The molecule has 2 N–H and O–H groups in total. The lowest BCUT2D eigenvalue weighted by molar-refractivity contribution is -0.0447. The van der Waals surface area contributed by atoms with Crippen molar-refractivity contribution in [2.45, 2.75) is 32.3 Å². The third kappa shape index (κ3) is 5.07. The van der Waals surface area contributed by atoms with Crippen molar-refractivity contribution < 1.29 is 21.6 Å². The Balaban J connectivity index is 1.78. The summed E-state index contributed by atoms with van der Waals surface area (Å²) < 4.78 is 63.0. The van der Waals surface area contributed by atoms with Gasteiger partial charge in [-0.05, 0) is 50.1 Å². The minimum absolute atomic E-state index is 0.0504. The zero-order valence-electron chi connectivity index (χ0n) is 18.2. The van der Waals surface area contributed by atoms with E-state index in [0.717, 1.165) is 15.7 Å². The van der Waals surface area contributed by atoms with E-state index in [1.165, 1.54) is 11.8 Å². The maximum absolute atomic E-state index is 12.6. The number of nitrogens with one attached hydrogen (secondary N) is 2. The summed E-state index contributed by atoms with van der Waals surface area (Å²) in [5.41, 5.74) is -3.38. The Bertz CT molecular complexity index is 1380. The van der Waals surface area contributed by atoms with Crippen LogP contribution in [0.5, 0.6) is 0 Å². The second kappa shape index (κ2) is 9.19. The van der Waals surface area contributed by atoms with Crippen LogP contribution in [0.4, 0.5) is 13.2 Å². The predicted octanol–water partition coefficient (Wildman–Crippen LogP) is 0.631. The highest BCUT2D eigenvalue weighted by Crippen LogP contribution is 2.24. The fourth-order valence-corrected chi connectivity index (χ4v) is 3.79. The van der Waals surface area contributed by atoms with E-state index in [4.69, 9.17) is 0 Å². The second-order valence-corrected chi connectivity index (χ2v) is 9.32. The van der Waals surface area contributed by atoms with Crippen molar-refractivity contribution in [3.63, 3.8) is 0 Å². The quantitative estimate of drug-likeness (QED) is 0.352. The maximum Gasteiger partial charge on any atom is 0.511 e. The van der Waals surface area contributed by atoms with Crippen LogP contribution in [0.1, 0.15) is 17.5 Å². The Hall–Kier alpha value is -2.84. The minimum atomic E-state index is -5.36. The lowest BCUT2D eigenvalue weighted by atomic mass is 10.1. The van der Waals surface area contributed by atoms with Crippen LogP contribution >= 0.6 is 0 Å². The van der Waals surface area contributed by atoms with E-state index in [9.17, 15) is 31.2 Å². The molecule has 0 aliphatic carbocycles. The summed E-state index contributed by atoms with van der Waals surface area (Å²) in [6, 6.07) is 3.72. The molecule has 180 valence electrons. The number of hydrogen-bond acceptors (Lipinski definition) is 7. The highest BCUT2D eigenvalue weighted by atomic mass is 32.2. The third-order valence-corrected chi connectivity index (χ3v) is 6.41. The molecule has 2 aliphatic rings. The molecular formula is C19H23F3N6O4S. The van der Waals surface area contributed by atoms with Gasteiger partial charge in [0.1, 0.15) is 0 Å². The first-order valence-corrected chi connectivity index (χ1v) is 11.5. The van der Waals surface area contributed by atoms with Crippen molar-refractivity contribution >= 4 is 21.1 Å². The van der Waals surface area contributed by atoms with Gasteiger partial charge in [-0.3, -0.25) is 9.36 Å². The highest BCUT2D eigenvalue weighted by Gasteiger charge is 2.45. The van der Waals surface area contributed by atoms with Crippen LogP contribution in [0.15, 0.2) is 21.7 Å². The smallest absolute Gasteiger partial charge is 0.321 e. The average molecular weight is 488 g/mol. The van der Waals surface area contributed by atoms with Crippen LogP contribution in [0, 0.1) is 13.8 Å². The van der Waals surface area contributed by atoms with Crippen molar-refractivity contribution in [2.24, 2.45) is 7.05 Å². The first-order valence-electron chi connectivity index (χ1n) is 9.98. The number of hydrogen-bond donors (Lipinski definition) is 2. The standard InChI is InChI=1S/C19H23F3N6O4S/c1-11-9-13-14(10-12(11)2)28(16-15(25-13)17(29)27(3)18(30)26-16)8-7-23-5-4-6-24-33(31,32)19(20,21)22/h9-10,23-24H,4-8H2,1-3H3. The monoisotopic (exact) mass is 488 g/mol. The number of halogens is 3. The van der Waals surface area contributed by atoms with E-state index in [2.05, 4.69) is 15.3 Å². The van der Waals surface area contributed by atoms with Crippen molar-refractivity contribution in [1.82, 2.24) is 29.1 Å². The number of aromatic nitrogens is 4. The van der Waals surface area contributed by atoms with Crippen LogP contribution in [-0.2, 0) is 23.6 Å². The summed E-state index contributed by atoms with van der Waals surface area (Å²) >= 11 is 0. The molecule has 10 nitrogen and oxygen atoms in total. The van der Waals surface area contributed by atoms with Crippen molar-refractivity contribution in [1.29, 1.82) is 0 Å². The van der Waals surface area contributed by atoms with Gasteiger partial charge in [0.25, 0.3) is 5.56 Å². The van der Waals surface area contributed by atoms with Gasteiger partial charge in [0.2, 0.25) is 0 Å². The highest BCUT2D eigenvalue weighted by molar-refractivity contribution is 7.90. The van der Waals surface area contributed by atoms with Gasteiger partial charge < -0.3 is 9.88 Å².